The number of ether oxygens (including phenoxy) is 1. The molecule has 0 saturated carbocycles. The first-order chi connectivity index (χ1) is 21.6. The fourth-order valence-corrected chi connectivity index (χ4v) is 6.01. The maximum absolute atomic E-state index is 16.1. The highest BCUT2D eigenvalue weighted by molar-refractivity contribution is 5.91. The molecule has 2 aliphatic rings. The number of halogens is 4. The highest BCUT2D eigenvalue weighted by Crippen LogP contribution is 2.38. The Morgan fingerprint density at radius 1 is 1.13 bits per heavy atom. The lowest BCUT2D eigenvalue weighted by molar-refractivity contribution is -0.127. The fraction of sp³-hybridized carbons (Fsp3) is 0.344. The van der Waals surface area contributed by atoms with Crippen LogP contribution in [0.3, 0.4) is 0 Å². The van der Waals surface area contributed by atoms with Crippen molar-refractivity contribution < 1.29 is 27.1 Å². The first-order valence-electron chi connectivity index (χ1n) is 14.6. The van der Waals surface area contributed by atoms with Crippen LogP contribution >= 0.6 is 0 Å². The largest absolute Gasteiger partial charge is 0.493 e. The van der Waals surface area contributed by atoms with Crippen LogP contribution in [-0.2, 0) is 11.2 Å². The van der Waals surface area contributed by atoms with E-state index in [1.54, 1.807) is 12.3 Å². The predicted octanol–water partition coefficient (Wildman–Crippen LogP) is 5.04. The number of nitrogens with zero attached hydrogens (tertiary/aromatic N) is 6. The number of carbonyl (C=O) groups is 1. The summed E-state index contributed by atoms with van der Waals surface area (Å²) in [6.07, 6.45) is 0.646. The average molecular weight is 623 g/mol. The molecule has 0 radical (unpaired) electrons. The van der Waals surface area contributed by atoms with E-state index in [0.717, 1.165) is 23.8 Å². The third kappa shape index (κ3) is 5.29. The Balaban J connectivity index is 1.70. The lowest BCUT2D eigenvalue weighted by Crippen LogP contribution is -2.58. The van der Waals surface area contributed by atoms with Crippen molar-refractivity contribution in [3.05, 3.63) is 82.6 Å². The van der Waals surface area contributed by atoms with Gasteiger partial charge in [-0.25, -0.2) is 31.9 Å². The number of hydrogen-bond acceptors (Lipinski definition) is 7. The number of anilines is 1. The van der Waals surface area contributed by atoms with Crippen LogP contribution in [0.4, 0.5) is 23.4 Å². The summed E-state index contributed by atoms with van der Waals surface area (Å²) < 4.78 is 67.6. The summed E-state index contributed by atoms with van der Waals surface area (Å²) >= 11 is 0. The molecule has 1 saturated heterocycles. The molecule has 45 heavy (non-hydrogen) atoms. The van der Waals surface area contributed by atoms with Crippen molar-refractivity contribution in [3.8, 4) is 22.7 Å². The van der Waals surface area contributed by atoms with Crippen LogP contribution in [0.2, 0.25) is 0 Å². The van der Waals surface area contributed by atoms with Gasteiger partial charge in [-0.3, -0.25) is 9.78 Å². The Labute approximate surface area is 255 Å². The maximum Gasteiger partial charge on any atom is 0.355 e. The number of hydrogen-bond donors (Lipinski definition) is 0. The Bertz CT molecular complexity index is 1880. The van der Waals surface area contributed by atoms with E-state index >= 15 is 8.78 Å². The van der Waals surface area contributed by atoms with Crippen molar-refractivity contribution in [2.45, 2.75) is 45.1 Å². The summed E-state index contributed by atoms with van der Waals surface area (Å²) in [6.45, 7) is 6.95. The van der Waals surface area contributed by atoms with E-state index in [2.05, 4.69) is 21.5 Å². The third-order valence-corrected chi connectivity index (χ3v) is 8.14. The summed E-state index contributed by atoms with van der Waals surface area (Å²) in [7, 11) is 0. The topological polar surface area (TPSA) is 93.5 Å². The molecule has 4 aromatic rings. The molecule has 1 unspecified atom stereocenters. The highest BCUT2D eigenvalue weighted by atomic mass is 19.3. The third-order valence-electron chi connectivity index (χ3n) is 8.14. The molecule has 1 aromatic carbocycles. The molecule has 13 heteroatoms. The zero-order valence-electron chi connectivity index (χ0n) is 24.6. The summed E-state index contributed by atoms with van der Waals surface area (Å²) in [5, 5.41) is -0.0367. The van der Waals surface area contributed by atoms with E-state index in [9.17, 15) is 18.4 Å². The average Bonchev–Trinajstić information content (AvgIpc) is 3.01. The fourth-order valence-electron chi connectivity index (χ4n) is 6.01. The number of fused-ring (bicyclic) bond motifs is 5. The monoisotopic (exact) mass is 622 g/mol. The second-order valence-electron chi connectivity index (χ2n) is 11.3. The minimum Gasteiger partial charge on any atom is -0.493 e. The molecule has 2 bridgehead atoms. The molecular weight excluding hydrogens is 592 g/mol. The molecule has 6 rings (SSSR count). The van der Waals surface area contributed by atoms with E-state index in [-0.39, 0.29) is 60.3 Å². The predicted molar refractivity (Wildman–Crippen MR) is 160 cm³/mol. The molecule has 0 N–H and O–H groups in total. The second-order valence-corrected chi connectivity index (χ2v) is 11.3. The van der Waals surface area contributed by atoms with Gasteiger partial charge in [0, 0.05) is 25.8 Å². The first-order valence-corrected chi connectivity index (χ1v) is 14.6. The number of carbonyl (C=O) groups excluding carboxylic acids is 1. The minimum absolute atomic E-state index is 0.0362. The van der Waals surface area contributed by atoms with E-state index in [1.807, 2.05) is 13.8 Å². The van der Waals surface area contributed by atoms with Crippen molar-refractivity contribution in [1.29, 1.82) is 0 Å². The lowest BCUT2D eigenvalue weighted by Gasteiger charge is -2.41. The number of aromatic nitrogens is 4. The van der Waals surface area contributed by atoms with Gasteiger partial charge < -0.3 is 14.5 Å². The summed E-state index contributed by atoms with van der Waals surface area (Å²) in [4.78, 5) is 42.2. The molecule has 234 valence electrons. The Morgan fingerprint density at radius 3 is 2.67 bits per heavy atom. The van der Waals surface area contributed by atoms with Crippen LogP contribution < -0.4 is 15.3 Å². The molecule has 9 nitrogen and oxygen atoms in total. The Hall–Kier alpha value is -4.81. The molecule has 1 fully saturated rings. The molecule has 0 spiro atoms. The number of rotatable bonds is 4. The standard InChI is InChI=1S/C32H30F4N6O3/c1-4-24(43)40-12-13-41(22(16-40)29(35)36)30-19-15-21(34)27-25-20(33)8-5-9-23(25)45-14-6-7-18-10-11-37-26(17(2)3)28(18)42(31(19)38-27)32(44)39-30/h4-5,8-11,15,17,22,29H,1,6-7,12-14,16H2,2-3H3. The van der Waals surface area contributed by atoms with Crippen LogP contribution in [0.5, 0.6) is 5.75 Å². The molecule has 1 atom stereocenters. The zero-order chi connectivity index (χ0) is 32.0. The van der Waals surface area contributed by atoms with Crippen LogP contribution in [0, 0.1) is 11.6 Å². The number of pyridine rings is 2. The van der Waals surface area contributed by atoms with Gasteiger partial charge in [-0.2, -0.15) is 4.98 Å². The van der Waals surface area contributed by atoms with E-state index in [0.29, 0.717) is 24.2 Å². The van der Waals surface area contributed by atoms with E-state index in [4.69, 9.17) is 4.74 Å². The maximum atomic E-state index is 16.1. The van der Waals surface area contributed by atoms with E-state index < -0.39 is 41.4 Å². The van der Waals surface area contributed by atoms with Crippen molar-refractivity contribution in [2.24, 2.45) is 0 Å². The quantitative estimate of drug-likeness (QED) is 0.233. The normalized spacial score (nSPS) is 16.7. The second kappa shape index (κ2) is 11.9. The van der Waals surface area contributed by atoms with Crippen molar-refractivity contribution in [3.63, 3.8) is 0 Å². The zero-order valence-corrected chi connectivity index (χ0v) is 24.6. The van der Waals surface area contributed by atoms with Gasteiger partial charge in [0.1, 0.15) is 29.1 Å². The Morgan fingerprint density at radius 2 is 1.93 bits per heavy atom. The first kappa shape index (κ1) is 30.2. The Kier molecular flexibility index (Phi) is 8.02. The van der Waals surface area contributed by atoms with Gasteiger partial charge in [-0.1, -0.05) is 26.5 Å². The molecule has 2 aliphatic heterocycles. The number of benzene rings is 1. The minimum atomic E-state index is -2.95. The van der Waals surface area contributed by atoms with Crippen molar-refractivity contribution in [1.82, 2.24) is 24.4 Å². The molecule has 5 heterocycles. The van der Waals surface area contributed by atoms with Crippen LogP contribution in [-0.4, -0.2) is 69.0 Å². The number of alkyl halides is 2. The van der Waals surface area contributed by atoms with Crippen LogP contribution in [0.15, 0.2) is 54.0 Å². The number of piperazine rings is 1. The summed E-state index contributed by atoms with van der Waals surface area (Å²) in [5.74, 6) is -2.57. The van der Waals surface area contributed by atoms with Gasteiger partial charge in [-0.05, 0) is 54.7 Å². The van der Waals surface area contributed by atoms with E-state index in [1.165, 1.54) is 26.5 Å². The van der Waals surface area contributed by atoms with Gasteiger partial charge >= 0.3 is 5.69 Å². The van der Waals surface area contributed by atoms with Gasteiger partial charge in [0.2, 0.25) is 5.91 Å². The summed E-state index contributed by atoms with van der Waals surface area (Å²) in [5.41, 5.74) is 0.0721. The van der Waals surface area contributed by atoms with Gasteiger partial charge in [0.05, 0.1) is 28.9 Å². The van der Waals surface area contributed by atoms with Gasteiger partial charge in [0.25, 0.3) is 6.43 Å². The number of amides is 1. The SMILES string of the molecule is C=CC(=O)N1CCN(c2nc(=O)n3c4nc(c(F)cc24)-c2c(F)cccc2OCCCc2ccnc(C(C)C)c2-3)C(C(F)F)C1. The van der Waals surface area contributed by atoms with Crippen LogP contribution in [0.1, 0.15) is 37.4 Å². The molecule has 0 aliphatic carbocycles. The lowest BCUT2D eigenvalue weighted by atomic mass is 10.0. The van der Waals surface area contributed by atoms with Crippen molar-refractivity contribution >= 4 is 22.8 Å². The molecular formula is C32H30F4N6O3. The summed E-state index contributed by atoms with van der Waals surface area (Å²) in [6, 6.07) is 5.33. The molecule has 1 amide bonds. The van der Waals surface area contributed by atoms with Gasteiger partial charge in [-0.15, -0.1) is 0 Å². The molecule has 3 aromatic heterocycles. The van der Waals surface area contributed by atoms with Gasteiger partial charge in [0.15, 0.2) is 11.5 Å². The smallest absolute Gasteiger partial charge is 0.355 e. The van der Waals surface area contributed by atoms with Crippen molar-refractivity contribution in [2.75, 3.05) is 31.1 Å². The van der Waals surface area contributed by atoms with Crippen LogP contribution in [0.25, 0.3) is 28.0 Å². The highest BCUT2D eigenvalue weighted by Gasteiger charge is 2.37. The number of aryl methyl sites for hydroxylation is 1.